The zero-order valence-electron chi connectivity index (χ0n) is 17.7. The third-order valence-electron chi connectivity index (χ3n) is 4.68. The lowest BCUT2D eigenvalue weighted by molar-refractivity contribution is -0.139. The lowest BCUT2D eigenvalue weighted by atomic mass is 10.1. The molecular weight excluding hydrogens is 451 g/mol. The van der Waals surface area contributed by atoms with Crippen molar-refractivity contribution in [2.24, 2.45) is 0 Å². The van der Waals surface area contributed by atoms with E-state index in [1.165, 1.54) is 12.3 Å². The van der Waals surface area contributed by atoms with Crippen molar-refractivity contribution in [3.63, 3.8) is 0 Å². The molecule has 33 heavy (non-hydrogen) atoms. The minimum atomic E-state index is -1.25. The number of nitrogens with one attached hydrogen (secondary N) is 2. The van der Waals surface area contributed by atoms with Crippen molar-refractivity contribution in [3.05, 3.63) is 82.5 Å². The van der Waals surface area contributed by atoms with Crippen LogP contribution in [-0.4, -0.2) is 46.6 Å². The van der Waals surface area contributed by atoms with E-state index in [0.29, 0.717) is 24.5 Å². The molecule has 0 radical (unpaired) electrons. The maximum Gasteiger partial charge on any atom is 0.326 e. The number of aromatic nitrogens is 2. The molecule has 1 aromatic carbocycles. The van der Waals surface area contributed by atoms with Crippen molar-refractivity contribution < 1.29 is 23.8 Å². The summed E-state index contributed by atoms with van der Waals surface area (Å²) >= 11 is 5.88. The van der Waals surface area contributed by atoms with E-state index in [0.717, 1.165) is 23.6 Å². The summed E-state index contributed by atoms with van der Waals surface area (Å²) in [5.41, 5.74) is 1.31. The molecule has 3 aromatic rings. The number of carboxylic acids is 1. The Balaban J connectivity index is 1.56. The number of carbonyl (C=O) groups is 2. The van der Waals surface area contributed by atoms with E-state index in [1.807, 2.05) is 18.2 Å². The monoisotopic (exact) mass is 472 g/mol. The molecule has 1 atom stereocenters. The van der Waals surface area contributed by atoms with Gasteiger partial charge >= 0.3 is 5.97 Å². The van der Waals surface area contributed by atoms with E-state index in [4.69, 9.17) is 16.3 Å². The first-order chi connectivity index (χ1) is 15.9. The molecule has 0 aliphatic heterocycles. The van der Waals surface area contributed by atoms with E-state index in [9.17, 15) is 19.1 Å². The van der Waals surface area contributed by atoms with Crippen molar-refractivity contribution in [1.82, 2.24) is 15.3 Å². The predicted molar refractivity (Wildman–Crippen MR) is 121 cm³/mol. The van der Waals surface area contributed by atoms with Gasteiger partial charge in [-0.05, 0) is 42.5 Å². The summed E-state index contributed by atoms with van der Waals surface area (Å²) in [5.74, 6) is -1.25. The van der Waals surface area contributed by atoms with Crippen LogP contribution in [0.3, 0.4) is 0 Å². The van der Waals surface area contributed by atoms with Gasteiger partial charge in [0.25, 0.3) is 5.91 Å². The minimum Gasteiger partial charge on any atom is -0.492 e. The highest BCUT2D eigenvalue weighted by atomic mass is 35.5. The molecule has 1 amide bonds. The molecular formula is C23H22ClFN4O4. The van der Waals surface area contributed by atoms with Crippen molar-refractivity contribution in [2.45, 2.75) is 18.9 Å². The van der Waals surface area contributed by atoms with E-state index >= 15 is 0 Å². The van der Waals surface area contributed by atoms with Crippen LogP contribution in [0.5, 0.6) is 5.75 Å². The van der Waals surface area contributed by atoms with Crippen molar-refractivity contribution >= 4 is 29.3 Å². The van der Waals surface area contributed by atoms with Crippen LogP contribution in [0.1, 0.15) is 21.7 Å². The highest BCUT2D eigenvalue weighted by Crippen LogP contribution is 2.18. The van der Waals surface area contributed by atoms with Crippen LogP contribution in [0.25, 0.3) is 0 Å². The molecule has 0 unspecified atom stereocenters. The number of halogens is 2. The van der Waals surface area contributed by atoms with Gasteiger partial charge in [-0.25, -0.2) is 14.2 Å². The third kappa shape index (κ3) is 6.88. The Labute approximate surface area is 194 Å². The fourth-order valence-corrected chi connectivity index (χ4v) is 3.22. The Bertz CT molecular complexity index is 1130. The van der Waals surface area contributed by atoms with Crippen LogP contribution in [0.4, 0.5) is 10.2 Å². The number of hydrogen-bond donors (Lipinski definition) is 3. The van der Waals surface area contributed by atoms with Gasteiger partial charge in [0.2, 0.25) is 0 Å². The van der Waals surface area contributed by atoms with Gasteiger partial charge in [0.15, 0.2) is 0 Å². The maximum absolute atomic E-state index is 13.2. The Morgan fingerprint density at radius 3 is 2.67 bits per heavy atom. The fraction of sp³-hybridized carbons (Fsp3) is 0.217. The number of carbonyl (C=O) groups excluding carboxylic acids is 1. The molecule has 3 rings (SSSR count). The van der Waals surface area contributed by atoms with Gasteiger partial charge in [-0.15, -0.1) is 0 Å². The fourth-order valence-electron chi connectivity index (χ4n) is 2.97. The van der Waals surface area contributed by atoms with Gasteiger partial charge in [0, 0.05) is 31.3 Å². The van der Waals surface area contributed by atoms with Gasteiger partial charge in [-0.2, -0.15) is 0 Å². The molecule has 0 saturated carbocycles. The average molecular weight is 473 g/mol. The molecule has 0 aliphatic carbocycles. The van der Waals surface area contributed by atoms with Crippen LogP contribution in [0, 0.1) is 5.82 Å². The van der Waals surface area contributed by atoms with Gasteiger partial charge in [0.05, 0.1) is 23.4 Å². The topological polar surface area (TPSA) is 113 Å². The normalized spacial score (nSPS) is 11.5. The Kier molecular flexibility index (Phi) is 8.15. The van der Waals surface area contributed by atoms with Crippen LogP contribution < -0.4 is 15.4 Å². The van der Waals surface area contributed by atoms with Crippen molar-refractivity contribution in [3.8, 4) is 5.75 Å². The minimum absolute atomic E-state index is 0.0178. The van der Waals surface area contributed by atoms with Crippen LogP contribution >= 0.6 is 11.6 Å². The summed E-state index contributed by atoms with van der Waals surface area (Å²) in [6.07, 6.45) is 2.04. The highest BCUT2D eigenvalue weighted by Gasteiger charge is 2.23. The number of carboxylic acid groups (broad SMARTS) is 1. The number of ether oxygens (including phenoxy) is 1. The Hall–Kier alpha value is -3.72. The predicted octanol–water partition coefficient (Wildman–Crippen LogP) is 3.36. The van der Waals surface area contributed by atoms with Crippen molar-refractivity contribution in [2.75, 3.05) is 19.0 Å². The largest absolute Gasteiger partial charge is 0.492 e. The number of pyridine rings is 2. The SMILES string of the molecule is CNc1cccc(CCOc2ccc(C[C@H](NC(=O)c3ccc(F)cc3Cl)C(=O)O)nc2)n1. The van der Waals surface area contributed by atoms with Crippen molar-refractivity contribution in [1.29, 1.82) is 0 Å². The zero-order chi connectivity index (χ0) is 23.8. The van der Waals surface area contributed by atoms with E-state index in [-0.39, 0.29) is 17.0 Å². The molecule has 3 N–H and O–H groups in total. The average Bonchev–Trinajstić information content (AvgIpc) is 2.79. The second-order valence-electron chi connectivity index (χ2n) is 7.04. The first-order valence-corrected chi connectivity index (χ1v) is 10.4. The lowest BCUT2D eigenvalue weighted by Crippen LogP contribution is -2.42. The van der Waals surface area contributed by atoms with Crippen LogP contribution in [0.15, 0.2) is 54.7 Å². The molecule has 0 saturated heterocycles. The highest BCUT2D eigenvalue weighted by molar-refractivity contribution is 6.33. The summed E-state index contributed by atoms with van der Waals surface area (Å²) < 4.78 is 18.9. The molecule has 0 spiro atoms. The standard InChI is InChI=1S/C23H22ClFN4O4/c1-26-21-4-2-3-15(28-21)9-10-33-17-7-6-16(27-13-17)12-20(23(31)32)29-22(30)18-8-5-14(25)11-19(18)24/h2-8,11,13,20H,9-10,12H2,1H3,(H,26,28)(H,29,30)(H,31,32)/t20-/m0/s1. The number of aliphatic carboxylic acids is 1. The molecule has 0 bridgehead atoms. The Morgan fingerprint density at radius 1 is 1.18 bits per heavy atom. The van der Waals surface area contributed by atoms with Crippen LogP contribution in [0.2, 0.25) is 5.02 Å². The molecule has 10 heteroatoms. The summed E-state index contributed by atoms with van der Waals surface area (Å²) in [4.78, 5) is 32.6. The molecule has 0 fully saturated rings. The maximum atomic E-state index is 13.2. The molecule has 2 aromatic heterocycles. The Morgan fingerprint density at radius 2 is 2.00 bits per heavy atom. The molecule has 2 heterocycles. The number of benzene rings is 1. The first-order valence-electron chi connectivity index (χ1n) is 10.1. The van der Waals surface area contributed by atoms with E-state index in [1.54, 1.807) is 19.2 Å². The summed E-state index contributed by atoms with van der Waals surface area (Å²) in [6.45, 7) is 0.396. The molecule has 0 aliphatic rings. The summed E-state index contributed by atoms with van der Waals surface area (Å²) in [5, 5.41) is 14.8. The van der Waals surface area contributed by atoms with E-state index < -0.39 is 23.7 Å². The van der Waals surface area contributed by atoms with Gasteiger partial charge in [-0.3, -0.25) is 9.78 Å². The number of amides is 1. The van der Waals surface area contributed by atoms with Gasteiger partial charge < -0.3 is 20.5 Å². The molecule has 172 valence electrons. The number of hydrogen-bond acceptors (Lipinski definition) is 6. The lowest BCUT2D eigenvalue weighted by Gasteiger charge is -2.15. The summed E-state index contributed by atoms with van der Waals surface area (Å²) in [7, 11) is 1.80. The molecule has 8 nitrogen and oxygen atoms in total. The van der Waals surface area contributed by atoms with Gasteiger partial charge in [-0.1, -0.05) is 17.7 Å². The number of anilines is 1. The second-order valence-corrected chi connectivity index (χ2v) is 7.45. The number of nitrogens with zero attached hydrogens (tertiary/aromatic N) is 2. The van der Waals surface area contributed by atoms with Gasteiger partial charge in [0.1, 0.15) is 23.4 Å². The quantitative estimate of drug-likeness (QED) is 0.414. The zero-order valence-corrected chi connectivity index (χ0v) is 18.5. The first kappa shape index (κ1) is 23.9. The van der Waals surface area contributed by atoms with E-state index in [2.05, 4.69) is 20.6 Å². The summed E-state index contributed by atoms with van der Waals surface area (Å²) in [6, 6.07) is 11.0. The second kappa shape index (κ2) is 11.2. The smallest absolute Gasteiger partial charge is 0.326 e. The van der Waals surface area contributed by atoms with Crippen LogP contribution in [-0.2, 0) is 17.6 Å². The third-order valence-corrected chi connectivity index (χ3v) is 4.99. The number of rotatable bonds is 10.